The summed E-state index contributed by atoms with van der Waals surface area (Å²) in [4.78, 5) is 28.6. The molecule has 0 aliphatic carbocycles. The molecule has 2 heterocycles. The molecule has 0 radical (unpaired) electrons. The SMILES string of the molecule is COc1cc(/C=C2/Sc3ccccc3C2=O)ccc1Oc1ncccc1[N+](=O)[O-]. The van der Waals surface area contributed by atoms with Gasteiger partial charge in [0, 0.05) is 22.7 Å². The molecule has 1 aliphatic heterocycles. The van der Waals surface area contributed by atoms with Crippen LogP contribution in [0.5, 0.6) is 17.4 Å². The standard InChI is InChI=1S/C21H14N2O5S/c1-27-17-11-13(12-19-20(24)14-5-2-3-7-18(14)29-19)8-9-16(17)28-21-15(23(25)26)6-4-10-22-21/h2-12H,1H3/b19-12+. The number of nitrogens with zero attached hydrogens (tertiary/aromatic N) is 2. The van der Waals surface area contributed by atoms with Crippen LogP contribution in [-0.2, 0) is 0 Å². The van der Waals surface area contributed by atoms with Crippen molar-refractivity contribution in [3.63, 3.8) is 0 Å². The maximum absolute atomic E-state index is 12.5. The lowest BCUT2D eigenvalue weighted by molar-refractivity contribution is -0.386. The van der Waals surface area contributed by atoms with Gasteiger partial charge < -0.3 is 9.47 Å². The van der Waals surface area contributed by atoms with Crippen LogP contribution in [0.3, 0.4) is 0 Å². The molecular formula is C21H14N2O5S. The zero-order valence-corrected chi connectivity index (χ0v) is 16.0. The number of rotatable bonds is 5. The first-order chi connectivity index (χ1) is 14.1. The highest BCUT2D eigenvalue weighted by Crippen LogP contribution is 2.41. The monoisotopic (exact) mass is 406 g/mol. The highest BCUT2D eigenvalue weighted by Gasteiger charge is 2.25. The Hall–Kier alpha value is -3.65. The number of fused-ring (bicyclic) bond motifs is 1. The first-order valence-electron chi connectivity index (χ1n) is 8.55. The van der Waals surface area contributed by atoms with Crippen LogP contribution in [0, 0.1) is 10.1 Å². The van der Waals surface area contributed by atoms with Gasteiger partial charge in [0.15, 0.2) is 11.5 Å². The summed E-state index contributed by atoms with van der Waals surface area (Å²) >= 11 is 1.42. The number of hydrogen-bond acceptors (Lipinski definition) is 7. The molecule has 0 unspecified atom stereocenters. The lowest BCUT2D eigenvalue weighted by Gasteiger charge is -2.10. The van der Waals surface area contributed by atoms with E-state index in [1.165, 1.54) is 37.2 Å². The van der Waals surface area contributed by atoms with Crippen LogP contribution in [0.15, 0.2) is 70.6 Å². The number of pyridine rings is 1. The van der Waals surface area contributed by atoms with E-state index in [2.05, 4.69) is 4.98 Å². The normalized spacial score (nSPS) is 14.0. The van der Waals surface area contributed by atoms with Crippen LogP contribution < -0.4 is 9.47 Å². The quantitative estimate of drug-likeness (QED) is 0.330. The van der Waals surface area contributed by atoms with Crippen molar-refractivity contribution in [1.82, 2.24) is 4.98 Å². The first kappa shape index (κ1) is 18.7. The maximum atomic E-state index is 12.5. The lowest BCUT2D eigenvalue weighted by atomic mass is 10.1. The topological polar surface area (TPSA) is 91.6 Å². The van der Waals surface area contributed by atoms with Crippen LogP contribution >= 0.6 is 11.8 Å². The van der Waals surface area contributed by atoms with E-state index in [4.69, 9.17) is 9.47 Å². The Kier molecular flexibility index (Phi) is 5.01. The van der Waals surface area contributed by atoms with Crippen LogP contribution in [0.4, 0.5) is 5.69 Å². The fourth-order valence-electron chi connectivity index (χ4n) is 2.85. The van der Waals surface area contributed by atoms with Crippen LogP contribution in [-0.4, -0.2) is 22.8 Å². The number of nitro groups is 1. The molecule has 1 aromatic heterocycles. The van der Waals surface area contributed by atoms with Crippen molar-refractivity contribution in [2.45, 2.75) is 4.90 Å². The lowest BCUT2D eigenvalue weighted by Crippen LogP contribution is -1.97. The third-order valence-corrected chi connectivity index (χ3v) is 5.31. The number of methoxy groups -OCH3 is 1. The molecule has 0 amide bonds. The maximum Gasteiger partial charge on any atom is 0.331 e. The van der Waals surface area contributed by atoms with E-state index in [1.54, 1.807) is 24.3 Å². The molecule has 144 valence electrons. The zero-order valence-electron chi connectivity index (χ0n) is 15.2. The highest BCUT2D eigenvalue weighted by atomic mass is 32.2. The molecule has 1 aliphatic rings. The van der Waals surface area contributed by atoms with Crippen LogP contribution in [0.1, 0.15) is 15.9 Å². The minimum atomic E-state index is -0.561. The minimum absolute atomic E-state index is 0.0194. The van der Waals surface area contributed by atoms with Gasteiger partial charge in [0.1, 0.15) is 0 Å². The third-order valence-electron chi connectivity index (χ3n) is 4.22. The Morgan fingerprint density at radius 2 is 1.93 bits per heavy atom. The highest BCUT2D eigenvalue weighted by molar-refractivity contribution is 8.04. The van der Waals surface area contributed by atoms with Crippen molar-refractivity contribution in [3.05, 3.63) is 86.9 Å². The van der Waals surface area contributed by atoms with Gasteiger partial charge in [-0.05, 0) is 42.0 Å². The number of Topliss-reactive ketones (excluding diaryl/α,β-unsaturated/α-hetero) is 1. The van der Waals surface area contributed by atoms with E-state index in [0.29, 0.717) is 16.2 Å². The summed E-state index contributed by atoms with van der Waals surface area (Å²) in [5.74, 6) is 0.505. The molecule has 3 aromatic rings. The molecule has 4 rings (SSSR count). The van der Waals surface area contributed by atoms with Gasteiger partial charge >= 0.3 is 5.69 Å². The fourth-order valence-corrected chi connectivity index (χ4v) is 3.90. The van der Waals surface area contributed by atoms with Crippen LogP contribution in [0.25, 0.3) is 6.08 Å². The number of carbonyl (C=O) groups is 1. The number of hydrogen-bond donors (Lipinski definition) is 0. The second-order valence-electron chi connectivity index (χ2n) is 6.03. The van der Waals surface area contributed by atoms with E-state index in [1.807, 2.05) is 24.3 Å². The van der Waals surface area contributed by atoms with E-state index >= 15 is 0 Å². The molecule has 29 heavy (non-hydrogen) atoms. The van der Waals surface area contributed by atoms with Crippen molar-refractivity contribution in [3.8, 4) is 17.4 Å². The van der Waals surface area contributed by atoms with Gasteiger partial charge in [-0.2, -0.15) is 0 Å². The summed E-state index contributed by atoms with van der Waals surface area (Å²) in [6, 6.07) is 15.3. The minimum Gasteiger partial charge on any atom is -0.493 e. The van der Waals surface area contributed by atoms with Crippen molar-refractivity contribution >= 4 is 29.3 Å². The average Bonchev–Trinajstić information content (AvgIpc) is 3.05. The number of carbonyl (C=O) groups excluding carboxylic acids is 1. The number of ketones is 1. The molecule has 0 N–H and O–H groups in total. The second-order valence-corrected chi connectivity index (χ2v) is 7.12. The molecule has 0 saturated heterocycles. The molecule has 2 aromatic carbocycles. The number of aromatic nitrogens is 1. The van der Waals surface area contributed by atoms with Gasteiger partial charge in [-0.1, -0.05) is 30.0 Å². The molecule has 0 bridgehead atoms. The summed E-state index contributed by atoms with van der Waals surface area (Å²) in [5.41, 5.74) is 1.19. The smallest absolute Gasteiger partial charge is 0.331 e. The van der Waals surface area contributed by atoms with Gasteiger partial charge in [0.2, 0.25) is 5.78 Å². The average molecular weight is 406 g/mol. The van der Waals surface area contributed by atoms with Crippen molar-refractivity contribution in [1.29, 1.82) is 0 Å². The van der Waals surface area contributed by atoms with Crippen molar-refractivity contribution in [2.24, 2.45) is 0 Å². The summed E-state index contributed by atoms with van der Waals surface area (Å²) in [7, 11) is 1.47. The molecular weight excluding hydrogens is 392 g/mol. The molecule has 0 spiro atoms. The second kappa shape index (κ2) is 7.76. The molecule has 0 atom stereocenters. The zero-order chi connectivity index (χ0) is 20.4. The van der Waals surface area contributed by atoms with E-state index in [9.17, 15) is 14.9 Å². The number of ether oxygens (including phenoxy) is 2. The predicted molar refractivity (Wildman–Crippen MR) is 109 cm³/mol. The van der Waals surface area contributed by atoms with Crippen LogP contribution in [0.2, 0.25) is 0 Å². The Balaban J connectivity index is 1.63. The Morgan fingerprint density at radius 1 is 1.10 bits per heavy atom. The largest absolute Gasteiger partial charge is 0.493 e. The summed E-state index contributed by atoms with van der Waals surface area (Å²) in [5, 5.41) is 11.2. The van der Waals surface area contributed by atoms with Gasteiger partial charge in [-0.3, -0.25) is 14.9 Å². The molecule has 0 fully saturated rings. The van der Waals surface area contributed by atoms with Gasteiger partial charge in [0.25, 0.3) is 5.88 Å². The van der Waals surface area contributed by atoms with Gasteiger partial charge in [0.05, 0.1) is 16.9 Å². The number of thioether (sulfide) groups is 1. The third kappa shape index (κ3) is 3.70. The predicted octanol–water partition coefficient (Wildman–Crippen LogP) is 5.12. The molecule has 7 nitrogen and oxygen atoms in total. The van der Waals surface area contributed by atoms with Crippen molar-refractivity contribution < 1.29 is 19.2 Å². The van der Waals surface area contributed by atoms with E-state index < -0.39 is 4.92 Å². The number of allylic oxidation sites excluding steroid dienone is 1. The Labute approximate surface area is 170 Å². The van der Waals surface area contributed by atoms with E-state index in [0.717, 1.165) is 10.5 Å². The first-order valence-corrected chi connectivity index (χ1v) is 9.37. The molecule has 8 heteroatoms. The molecule has 0 saturated carbocycles. The van der Waals surface area contributed by atoms with Crippen molar-refractivity contribution in [2.75, 3.05) is 7.11 Å². The van der Waals surface area contributed by atoms with Gasteiger partial charge in [-0.15, -0.1) is 0 Å². The van der Waals surface area contributed by atoms with E-state index in [-0.39, 0.29) is 23.1 Å². The van der Waals surface area contributed by atoms with Gasteiger partial charge in [-0.25, -0.2) is 4.98 Å². The summed E-state index contributed by atoms with van der Waals surface area (Å²) in [6.45, 7) is 0. The fraction of sp³-hybridized carbons (Fsp3) is 0.0476. The number of benzene rings is 2. The Morgan fingerprint density at radius 3 is 2.69 bits per heavy atom. The summed E-state index contributed by atoms with van der Waals surface area (Å²) in [6.07, 6.45) is 3.19. The summed E-state index contributed by atoms with van der Waals surface area (Å²) < 4.78 is 11.0. The Bertz CT molecular complexity index is 1160.